The molecule has 0 saturated carbocycles. The van der Waals surface area contributed by atoms with Crippen LogP contribution in [-0.4, -0.2) is 46.8 Å². The van der Waals surface area contributed by atoms with Crippen molar-refractivity contribution < 1.29 is 14.6 Å². The lowest BCUT2D eigenvalue weighted by Crippen LogP contribution is -2.58. The molecule has 1 aliphatic heterocycles. The van der Waals surface area contributed by atoms with Crippen LogP contribution in [0.5, 0.6) is 0 Å². The maximum atomic E-state index is 11.3. The van der Waals surface area contributed by atoms with E-state index in [-0.39, 0.29) is 17.6 Å². The minimum atomic E-state index is -0.898. The van der Waals surface area contributed by atoms with Crippen LogP contribution in [0.2, 0.25) is 0 Å². The van der Waals surface area contributed by atoms with Gasteiger partial charge in [0.2, 0.25) is 0 Å². The SMILES string of the molecule is CC(O)C(=O)N1CC(OC(C)(C)C)C1. The summed E-state index contributed by atoms with van der Waals surface area (Å²) in [6, 6.07) is 0. The summed E-state index contributed by atoms with van der Waals surface area (Å²) in [5.41, 5.74) is -0.162. The monoisotopic (exact) mass is 201 g/mol. The van der Waals surface area contributed by atoms with Crippen LogP contribution in [0.1, 0.15) is 27.7 Å². The van der Waals surface area contributed by atoms with Crippen LogP contribution in [0.15, 0.2) is 0 Å². The number of likely N-dealkylation sites (tertiary alicyclic amines) is 1. The Morgan fingerprint density at radius 1 is 1.50 bits per heavy atom. The van der Waals surface area contributed by atoms with E-state index in [0.29, 0.717) is 13.1 Å². The van der Waals surface area contributed by atoms with Crippen molar-refractivity contribution >= 4 is 5.91 Å². The second-order valence-electron chi connectivity index (χ2n) is 4.77. The van der Waals surface area contributed by atoms with Gasteiger partial charge in [0.1, 0.15) is 6.10 Å². The van der Waals surface area contributed by atoms with Crippen molar-refractivity contribution in [2.45, 2.75) is 45.5 Å². The quantitative estimate of drug-likeness (QED) is 0.703. The highest BCUT2D eigenvalue weighted by Crippen LogP contribution is 2.19. The topological polar surface area (TPSA) is 49.8 Å². The Hall–Kier alpha value is -0.610. The predicted molar refractivity (Wildman–Crippen MR) is 52.9 cm³/mol. The van der Waals surface area contributed by atoms with Gasteiger partial charge in [0, 0.05) is 13.1 Å². The van der Waals surface area contributed by atoms with Gasteiger partial charge in [0.25, 0.3) is 5.91 Å². The number of aliphatic hydroxyl groups is 1. The summed E-state index contributed by atoms with van der Waals surface area (Å²) in [5.74, 6) is -0.209. The fraction of sp³-hybridized carbons (Fsp3) is 0.900. The number of aliphatic hydroxyl groups excluding tert-OH is 1. The number of ether oxygens (including phenoxy) is 1. The van der Waals surface area contributed by atoms with Gasteiger partial charge < -0.3 is 14.7 Å². The largest absolute Gasteiger partial charge is 0.384 e. The number of carbonyl (C=O) groups is 1. The third-order valence-corrected chi connectivity index (χ3v) is 2.04. The number of hydrogen-bond donors (Lipinski definition) is 1. The molecule has 82 valence electrons. The minimum absolute atomic E-state index is 0.123. The number of carbonyl (C=O) groups excluding carboxylic acids is 1. The Morgan fingerprint density at radius 3 is 2.36 bits per heavy atom. The smallest absolute Gasteiger partial charge is 0.251 e. The molecular formula is C10H19NO3. The zero-order valence-electron chi connectivity index (χ0n) is 9.28. The maximum absolute atomic E-state index is 11.3. The molecule has 0 aromatic heterocycles. The first-order chi connectivity index (χ1) is 6.29. The van der Waals surface area contributed by atoms with Gasteiger partial charge in [0.05, 0.1) is 11.7 Å². The van der Waals surface area contributed by atoms with Gasteiger partial charge in [-0.15, -0.1) is 0 Å². The van der Waals surface area contributed by atoms with Crippen LogP contribution in [0.25, 0.3) is 0 Å². The van der Waals surface area contributed by atoms with Crippen LogP contribution >= 0.6 is 0 Å². The molecule has 4 nitrogen and oxygen atoms in total. The average molecular weight is 201 g/mol. The number of hydrogen-bond acceptors (Lipinski definition) is 3. The van der Waals surface area contributed by atoms with E-state index in [1.807, 2.05) is 20.8 Å². The van der Waals surface area contributed by atoms with Gasteiger partial charge in [-0.2, -0.15) is 0 Å². The zero-order chi connectivity index (χ0) is 10.9. The second-order valence-corrected chi connectivity index (χ2v) is 4.77. The van der Waals surface area contributed by atoms with Gasteiger partial charge in [-0.25, -0.2) is 0 Å². The Kier molecular flexibility index (Phi) is 3.17. The Labute approximate surface area is 84.8 Å². The molecule has 1 unspecified atom stereocenters. The van der Waals surface area contributed by atoms with Gasteiger partial charge >= 0.3 is 0 Å². The second kappa shape index (κ2) is 3.87. The summed E-state index contributed by atoms with van der Waals surface area (Å²) in [5, 5.41) is 9.04. The molecule has 1 atom stereocenters. The molecule has 14 heavy (non-hydrogen) atoms. The summed E-state index contributed by atoms with van der Waals surface area (Å²) in [6.45, 7) is 8.66. The van der Waals surface area contributed by atoms with Crippen LogP contribution in [0.4, 0.5) is 0 Å². The maximum Gasteiger partial charge on any atom is 0.251 e. The first-order valence-electron chi connectivity index (χ1n) is 4.94. The fourth-order valence-corrected chi connectivity index (χ4v) is 1.46. The van der Waals surface area contributed by atoms with E-state index < -0.39 is 6.10 Å². The summed E-state index contributed by atoms with van der Waals surface area (Å²) in [6.07, 6.45) is -0.775. The van der Waals surface area contributed by atoms with Crippen molar-refractivity contribution in [3.8, 4) is 0 Å². The standard InChI is InChI=1S/C10H19NO3/c1-7(12)9(13)11-5-8(6-11)14-10(2,3)4/h7-8,12H,5-6H2,1-4H3. The molecular weight excluding hydrogens is 182 g/mol. The molecule has 0 bridgehead atoms. The third kappa shape index (κ3) is 2.96. The van der Waals surface area contributed by atoms with Gasteiger partial charge in [-0.1, -0.05) is 0 Å². The van der Waals surface area contributed by atoms with Crippen molar-refractivity contribution in [2.24, 2.45) is 0 Å². The molecule has 0 aromatic carbocycles. The average Bonchev–Trinajstić information content (AvgIpc) is 1.92. The Balaban J connectivity index is 2.27. The zero-order valence-corrected chi connectivity index (χ0v) is 9.28. The van der Waals surface area contributed by atoms with Crippen LogP contribution < -0.4 is 0 Å². The van der Waals surface area contributed by atoms with Crippen molar-refractivity contribution in [3.05, 3.63) is 0 Å². The van der Waals surface area contributed by atoms with E-state index in [1.165, 1.54) is 6.92 Å². The normalized spacial score (nSPS) is 20.5. The van der Waals surface area contributed by atoms with E-state index in [4.69, 9.17) is 9.84 Å². The van der Waals surface area contributed by atoms with Crippen LogP contribution in [0.3, 0.4) is 0 Å². The first-order valence-corrected chi connectivity index (χ1v) is 4.94. The molecule has 1 rings (SSSR count). The van der Waals surface area contributed by atoms with Crippen molar-refractivity contribution in [1.82, 2.24) is 4.90 Å². The fourth-order valence-electron chi connectivity index (χ4n) is 1.46. The lowest BCUT2D eigenvalue weighted by Gasteiger charge is -2.42. The molecule has 4 heteroatoms. The molecule has 0 aromatic rings. The van der Waals surface area contributed by atoms with E-state index in [0.717, 1.165) is 0 Å². The number of rotatable bonds is 2. The lowest BCUT2D eigenvalue weighted by atomic mass is 10.1. The third-order valence-electron chi connectivity index (χ3n) is 2.04. The summed E-state index contributed by atoms with van der Waals surface area (Å²) >= 11 is 0. The molecule has 1 saturated heterocycles. The molecule has 0 radical (unpaired) electrons. The van der Waals surface area contributed by atoms with E-state index in [1.54, 1.807) is 4.90 Å². The highest BCUT2D eigenvalue weighted by Gasteiger charge is 2.35. The molecule has 1 N–H and O–H groups in total. The Bertz CT molecular complexity index is 214. The summed E-state index contributed by atoms with van der Waals surface area (Å²) in [7, 11) is 0. The number of nitrogens with zero attached hydrogens (tertiary/aromatic N) is 1. The van der Waals surface area contributed by atoms with Crippen molar-refractivity contribution in [2.75, 3.05) is 13.1 Å². The van der Waals surface area contributed by atoms with Crippen molar-refractivity contribution in [1.29, 1.82) is 0 Å². The molecule has 1 fully saturated rings. The predicted octanol–water partition coefficient (Wildman–Crippen LogP) is 0.393. The lowest BCUT2D eigenvalue weighted by molar-refractivity contribution is -0.164. The summed E-state index contributed by atoms with van der Waals surface area (Å²) < 4.78 is 5.66. The molecule has 1 aliphatic rings. The van der Waals surface area contributed by atoms with Gasteiger partial charge in [-0.05, 0) is 27.7 Å². The van der Waals surface area contributed by atoms with E-state index in [2.05, 4.69) is 0 Å². The first kappa shape index (κ1) is 11.5. The summed E-state index contributed by atoms with van der Waals surface area (Å²) in [4.78, 5) is 12.9. The number of amides is 1. The Morgan fingerprint density at radius 2 is 2.00 bits per heavy atom. The molecule has 1 heterocycles. The molecule has 0 aliphatic carbocycles. The van der Waals surface area contributed by atoms with Crippen LogP contribution in [-0.2, 0) is 9.53 Å². The van der Waals surface area contributed by atoms with E-state index >= 15 is 0 Å². The van der Waals surface area contributed by atoms with Gasteiger partial charge in [0.15, 0.2) is 0 Å². The van der Waals surface area contributed by atoms with Crippen molar-refractivity contribution in [3.63, 3.8) is 0 Å². The van der Waals surface area contributed by atoms with E-state index in [9.17, 15) is 4.79 Å². The molecule has 0 spiro atoms. The highest BCUT2D eigenvalue weighted by atomic mass is 16.5. The van der Waals surface area contributed by atoms with Crippen LogP contribution in [0, 0.1) is 0 Å². The minimum Gasteiger partial charge on any atom is -0.384 e. The van der Waals surface area contributed by atoms with Gasteiger partial charge in [-0.3, -0.25) is 4.79 Å². The highest BCUT2D eigenvalue weighted by molar-refractivity contribution is 5.81. The molecule has 1 amide bonds.